The van der Waals surface area contributed by atoms with Crippen LogP contribution in [-0.2, 0) is 4.79 Å². The predicted molar refractivity (Wildman–Crippen MR) is 110 cm³/mol. The van der Waals surface area contributed by atoms with Crippen molar-refractivity contribution in [3.05, 3.63) is 66.1 Å². The summed E-state index contributed by atoms with van der Waals surface area (Å²) in [5.74, 6) is -0.608. The number of fused-ring (bicyclic) bond motifs is 1. The van der Waals surface area contributed by atoms with Crippen LogP contribution >= 0.6 is 0 Å². The van der Waals surface area contributed by atoms with Gasteiger partial charge in [0.25, 0.3) is 5.91 Å². The molecule has 2 N–H and O–H groups in total. The van der Waals surface area contributed by atoms with Gasteiger partial charge in [0.1, 0.15) is 11.5 Å². The molecule has 1 fully saturated rings. The maximum atomic E-state index is 13.3. The normalized spacial score (nSPS) is 16.0. The van der Waals surface area contributed by atoms with Gasteiger partial charge in [-0.3, -0.25) is 14.5 Å². The van der Waals surface area contributed by atoms with Crippen LogP contribution in [0.4, 0.5) is 10.1 Å². The van der Waals surface area contributed by atoms with Crippen LogP contribution in [0.25, 0.3) is 10.9 Å². The smallest absolute Gasteiger partial charge is 0.270 e. The van der Waals surface area contributed by atoms with Crippen molar-refractivity contribution < 1.29 is 14.0 Å². The van der Waals surface area contributed by atoms with Crippen LogP contribution in [0.2, 0.25) is 0 Å². The predicted octanol–water partition coefficient (Wildman–Crippen LogP) is 3.09. The van der Waals surface area contributed by atoms with E-state index in [1.54, 1.807) is 17.0 Å². The first-order valence-electron chi connectivity index (χ1n) is 9.69. The van der Waals surface area contributed by atoms with Crippen molar-refractivity contribution >= 4 is 28.4 Å². The molecule has 2 heterocycles. The number of rotatable bonds is 4. The van der Waals surface area contributed by atoms with E-state index in [4.69, 9.17) is 0 Å². The van der Waals surface area contributed by atoms with Crippen molar-refractivity contribution in [1.29, 1.82) is 0 Å². The molecule has 1 atom stereocenters. The number of H-pyrrole nitrogens is 1. The van der Waals surface area contributed by atoms with Gasteiger partial charge < -0.3 is 15.2 Å². The number of aromatic nitrogens is 1. The van der Waals surface area contributed by atoms with Gasteiger partial charge in [-0.25, -0.2) is 4.39 Å². The zero-order valence-electron chi connectivity index (χ0n) is 16.2. The first-order chi connectivity index (χ1) is 14.0. The van der Waals surface area contributed by atoms with Gasteiger partial charge in [0.15, 0.2) is 0 Å². The molecule has 7 heteroatoms. The third-order valence-electron chi connectivity index (χ3n) is 5.38. The lowest BCUT2D eigenvalue weighted by atomic mass is 10.2. The highest BCUT2D eigenvalue weighted by Gasteiger charge is 2.28. The van der Waals surface area contributed by atoms with Crippen LogP contribution in [0, 0.1) is 5.82 Å². The van der Waals surface area contributed by atoms with Gasteiger partial charge in [0.05, 0.1) is 6.04 Å². The summed E-state index contributed by atoms with van der Waals surface area (Å²) in [5.41, 5.74) is 1.96. The lowest BCUT2D eigenvalue weighted by molar-refractivity contribution is -0.121. The first kappa shape index (κ1) is 19.1. The Morgan fingerprint density at radius 2 is 1.79 bits per heavy atom. The van der Waals surface area contributed by atoms with E-state index in [-0.39, 0.29) is 23.7 Å². The number of aromatic amines is 1. The van der Waals surface area contributed by atoms with Gasteiger partial charge in [-0.1, -0.05) is 24.3 Å². The summed E-state index contributed by atoms with van der Waals surface area (Å²) in [6, 6.07) is 15.1. The highest BCUT2D eigenvalue weighted by atomic mass is 19.1. The van der Waals surface area contributed by atoms with Crippen molar-refractivity contribution in [1.82, 2.24) is 14.8 Å². The second kappa shape index (κ2) is 8.05. The number of piperazine rings is 1. The SMILES string of the molecule is CC(C(=O)Nc1cccc(F)c1)N1CCN(C(=O)c2cc3ccccc3[nH]2)CC1. The summed E-state index contributed by atoms with van der Waals surface area (Å²) in [7, 11) is 0. The quantitative estimate of drug-likeness (QED) is 0.715. The van der Waals surface area contributed by atoms with Crippen LogP contribution in [-0.4, -0.2) is 58.8 Å². The van der Waals surface area contributed by atoms with Gasteiger partial charge >= 0.3 is 0 Å². The van der Waals surface area contributed by atoms with Crippen LogP contribution in [0.15, 0.2) is 54.6 Å². The van der Waals surface area contributed by atoms with E-state index in [0.29, 0.717) is 37.6 Å². The molecule has 2 amide bonds. The molecule has 1 aliphatic rings. The molecule has 1 saturated heterocycles. The Kier molecular flexibility index (Phi) is 5.31. The number of amides is 2. The highest BCUT2D eigenvalue weighted by Crippen LogP contribution is 2.18. The number of hydrogen-bond donors (Lipinski definition) is 2. The summed E-state index contributed by atoms with van der Waals surface area (Å²) >= 11 is 0. The molecule has 0 aliphatic carbocycles. The molecule has 150 valence electrons. The Morgan fingerprint density at radius 3 is 2.52 bits per heavy atom. The van der Waals surface area contributed by atoms with E-state index in [1.807, 2.05) is 42.2 Å². The summed E-state index contributed by atoms with van der Waals surface area (Å²) in [6.07, 6.45) is 0. The Labute approximate surface area is 168 Å². The van der Waals surface area contributed by atoms with E-state index >= 15 is 0 Å². The topological polar surface area (TPSA) is 68.4 Å². The van der Waals surface area contributed by atoms with E-state index in [0.717, 1.165) is 10.9 Å². The molecule has 4 rings (SSSR count). The molecule has 1 aliphatic heterocycles. The minimum atomic E-state index is -0.389. The first-order valence-corrected chi connectivity index (χ1v) is 9.69. The number of anilines is 1. The third-order valence-corrected chi connectivity index (χ3v) is 5.38. The van der Waals surface area contributed by atoms with Crippen LogP contribution < -0.4 is 5.32 Å². The largest absolute Gasteiger partial charge is 0.351 e. The zero-order chi connectivity index (χ0) is 20.4. The molecule has 6 nitrogen and oxygen atoms in total. The molecule has 0 saturated carbocycles. The number of benzene rings is 2. The van der Waals surface area contributed by atoms with E-state index in [1.165, 1.54) is 12.1 Å². The van der Waals surface area contributed by atoms with Crippen LogP contribution in [0.3, 0.4) is 0 Å². The minimum absolute atomic E-state index is 0.0299. The fourth-order valence-electron chi connectivity index (χ4n) is 3.65. The molecule has 29 heavy (non-hydrogen) atoms. The number of nitrogens with zero attached hydrogens (tertiary/aromatic N) is 2. The fourth-order valence-corrected chi connectivity index (χ4v) is 3.65. The van der Waals surface area contributed by atoms with Gasteiger partial charge in [0.2, 0.25) is 5.91 Å². The molecule has 0 radical (unpaired) electrons. The lowest BCUT2D eigenvalue weighted by Gasteiger charge is -2.37. The molecule has 0 spiro atoms. The van der Waals surface area contributed by atoms with Crippen molar-refractivity contribution in [2.75, 3.05) is 31.5 Å². The Morgan fingerprint density at radius 1 is 1.03 bits per heavy atom. The van der Waals surface area contributed by atoms with Gasteiger partial charge in [-0.05, 0) is 37.3 Å². The molecule has 1 unspecified atom stereocenters. The number of carbonyl (C=O) groups is 2. The second-order valence-electron chi connectivity index (χ2n) is 7.27. The van der Waals surface area contributed by atoms with Crippen LogP contribution in [0.1, 0.15) is 17.4 Å². The maximum Gasteiger partial charge on any atom is 0.270 e. The standard InChI is InChI=1S/C22H23FN4O2/c1-15(21(28)24-18-7-4-6-17(23)14-18)26-9-11-27(12-10-26)22(29)20-13-16-5-2-3-8-19(16)25-20/h2-8,13-15,25H,9-12H2,1H3,(H,24,28). The average Bonchev–Trinajstić information content (AvgIpc) is 3.17. The fraction of sp³-hybridized carbons (Fsp3) is 0.273. The van der Waals surface area contributed by atoms with Gasteiger partial charge in [0, 0.05) is 42.8 Å². The lowest BCUT2D eigenvalue weighted by Crippen LogP contribution is -2.54. The third kappa shape index (κ3) is 4.14. The van der Waals surface area contributed by atoms with Crippen molar-refractivity contribution in [3.63, 3.8) is 0 Å². The Hall–Kier alpha value is -3.19. The molecular weight excluding hydrogens is 371 g/mol. The van der Waals surface area contributed by atoms with E-state index in [9.17, 15) is 14.0 Å². The Balaban J connectivity index is 1.34. The molecule has 2 aromatic carbocycles. The number of hydrogen-bond acceptors (Lipinski definition) is 3. The zero-order valence-corrected chi connectivity index (χ0v) is 16.2. The van der Waals surface area contributed by atoms with Crippen molar-refractivity contribution in [3.8, 4) is 0 Å². The van der Waals surface area contributed by atoms with Gasteiger partial charge in [-0.2, -0.15) is 0 Å². The monoisotopic (exact) mass is 394 g/mol. The summed E-state index contributed by atoms with van der Waals surface area (Å²) in [6.45, 7) is 4.12. The van der Waals surface area contributed by atoms with E-state index in [2.05, 4.69) is 10.3 Å². The van der Waals surface area contributed by atoms with Crippen molar-refractivity contribution in [2.24, 2.45) is 0 Å². The molecule has 0 bridgehead atoms. The maximum absolute atomic E-state index is 13.3. The summed E-state index contributed by atoms with van der Waals surface area (Å²) in [5, 5.41) is 3.76. The van der Waals surface area contributed by atoms with Gasteiger partial charge in [-0.15, -0.1) is 0 Å². The highest BCUT2D eigenvalue weighted by molar-refractivity contribution is 5.98. The second-order valence-corrected chi connectivity index (χ2v) is 7.27. The van der Waals surface area contributed by atoms with Crippen molar-refractivity contribution in [2.45, 2.75) is 13.0 Å². The number of nitrogens with one attached hydrogen (secondary N) is 2. The summed E-state index contributed by atoms with van der Waals surface area (Å²) in [4.78, 5) is 32.3. The number of halogens is 1. The van der Waals surface area contributed by atoms with Crippen LogP contribution in [0.5, 0.6) is 0 Å². The molecule has 1 aromatic heterocycles. The number of para-hydroxylation sites is 1. The van der Waals surface area contributed by atoms with E-state index < -0.39 is 0 Å². The number of carbonyl (C=O) groups excluding carboxylic acids is 2. The average molecular weight is 394 g/mol. The molecule has 3 aromatic rings. The Bertz CT molecular complexity index is 1010. The summed E-state index contributed by atoms with van der Waals surface area (Å²) < 4.78 is 13.3. The minimum Gasteiger partial charge on any atom is -0.351 e. The molecular formula is C22H23FN4O2.